The standard InChI is InChI=1S/C15H18BrN3/c1-11-5-13(16)7-14(6-11)19-10-18-9-15(19)12-3-2-4-17-8-12/h5-7,9-10,12,17H,2-4,8H2,1H3. The summed E-state index contributed by atoms with van der Waals surface area (Å²) < 4.78 is 3.33. The number of nitrogens with one attached hydrogen (secondary N) is 1. The molecule has 4 heteroatoms. The summed E-state index contributed by atoms with van der Waals surface area (Å²) in [5, 5.41) is 3.47. The number of aryl methyl sites for hydroxylation is 1. The number of aromatic nitrogens is 2. The van der Waals surface area contributed by atoms with Crippen molar-refractivity contribution in [2.75, 3.05) is 13.1 Å². The lowest BCUT2D eigenvalue weighted by atomic mass is 9.96. The van der Waals surface area contributed by atoms with E-state index in [1.54, 1.807) is 0 Å². The molecule has 0 bridgehead atoms. The molecule has 1 aromatic carbocycles. The zero-order valence-corrected chi connectivity index (χ0v) is 12.7. The summed E-state index contributed by atoms with van der Waals surface area (Å²) >= 11 is 3.57. The van der Waals surface area contributed by atoms with E-state index in [1.165, 1.54) is 29.8 Å². The van der Waals surface area contributed by atoms with Crippen LogP contribution in [0.2, 0.25) is 0 Å². The Morgan fingerprint density at radius 1 is 1.37 bits per heavy atom. The molecule has 100 valence electrons. The van der Waals surface area contributed by atoms with Crippen LogP contribution in [0, 0.1) is 6.92 Å². The minimum atomic E-state index is 0.565. The van der Waals surface area contributed by atoms with Gasteiger partial charge in [-0.25, -0.2) is 4.98 Å². The van der Waals surface area contributed by atoms with Gasteiger partial charge in [-0.05, 0) is 50.1 Å². The van der Waals surface area contributed by atoms with Crippen molar-refractivity contribution >= 4 is 15.9 Å². The zero-order chi connectivity index (χ0) is 13.2. The molecule has 2 aromatic rings. The van der Waals surface area contributed by atoms with Gasteiger partial charge in [0.1, 0.15) is 0 Å². The molecule has 3 nitrogen and oxygen atoms in total. The van der Waals surface area contributed by atoms with Crippen LogP contribution in [-0.2, 0) is 0 Å². The third kappa shape index (κ3) is 2.74. The van der Waals surface area contributed by atoms with Crippen molar-refractivity contribution in [3.63, 3.8) is 0 Å². The van der Waals surface area contributed by atoms with Crippen LogP contribution in [0.25, 0.3) is 5.69 Å². The van der Waals surface area contributed by atoms with Crippen LogP contribution >= 0.6 is 15.9 Å². The van der Waals surface area contributed by atoms with E-state index in [2.05, 4.69) is 55.9 Å². The number of rotatable bonds is 2. The highest BCUT2D eigenvalue weighted by molar-refractivity contribution is 9.10. The maximum absolute atomic E-state index is 4.35. The molecule has 3 rings (SSSR count). The maximum Gasteiger partial charge on any atom is 0.0994 e. The molecule has 1 unspecified atom stereocenters. The fourth-order valence-corrected chi connectivity index (χ4v) is 3.38. The SMILES string of the molecule is Cc1cc(Br)cc(-n2cncc2C2CCCNC2)c1. The van der Waals surface area contributed by atoms with Gasteiger partial charge in [0.05, 0.1) is 6.33 Å². The third-order valence-corrected chi connectivity index (χ3v) is 4.15. The van der Waals surface area contributed by atoms with Gasteiger partial charge in [-0.1, -0.05) is 15.9 Å². The summed E-state index contributed by atoms with van der Waals surface area (Å²) in [5.41, 5.74) is 3.75. The summed E-state index contributed by atoms with van der Waals surface area (Å²) in [5.74, 6) is 0.565. The topological polar surface area (TPSA) is 29.9 Å². The van der Waals surface area contributed by atoms with Crippen LogP contribution in [0.3, 0.4) is 0 Å². The summed E-state index contributed by atoms with van der Waals surface area (Å²) in [4.78, 5) is 4.35. The summed E-state index contributed by atoms with van der Waals surface area (Å²) in [6.07, 6.45) is 6.41. The lowest BCUT2D eigenvalue weighted by molar-refractivity contribution is 0.451. The van der Waals surface area contributed by atoms with Gasteiger partial charge in [0.25, 0.3) is 0 Å². The lowest BCUT2D eigenvalue weighted by Gasteiger charge is -2.24. The smallest absolute Gasteiger partial charge is 0.0994 e. The van der Waals surface area contributed by atoms with Crippen LogP contribution in [-0.4, -0.2) is 22.6 Å². The van der Waals surface area contributed by atoms with E-state index in [-0.39, 0.29) is 0 Å². The molecular weight excluding hydrogens is 302 g/mol. The van der Waals surface area contributed by atoms with Crippen molar-refractivity contribution in [2.24, 2.45) is 0 Å². The molecule has 1 aliphatic rings. The van der Waals surface area contributed by atoms with Gasteiger partial charge in [-0.2, -0.15) is 0 Å². The van der Waals surface area contributed by atoms with Gasteiger partial charge in [-0.3, -0.25) is 0 Å². The van der Waals surface area contributed by atoms with E-state index in [9.17, 15) is 0 Å². The van der Waals surface area contributed by atoms with Crippen molar-refractivity contribution in [3.05, 3.63) is 46.5 Å². The van der Waals surface area contributed by atoms with E-state index in [0.717, 1.165) is 17.6 Å². The number of halogens is 1. The number of nitrogens with zero attached hydrogens (tertiary/aromatic N) is 2. The minimum Gasteiger partial charge on any atom is -0.316 e. The van der Waals surface area contributed by atoms with Crippen molar-refractivity contribution in [2.45, 2.75) is 25.7 Å². The molecule has 0 radical (unpaired) electrons. The zero-order valence-electron chi connectivity index (χ0n) is 11.1. The van der Waals surface area contributed by atoms with Crippen LogP contribution in [0.1, 0.15) is 30.0 Å². The number of imidazole rings is 1. The highest BCUT2D eigenvalue weighted by Gasteiger charge is 2.19. The molecule has 0 aliphatic carbocycles. The van der Waals surface area contributed by atoms with Crippen molar-refractivity contribution in [1.29, 1.82) is 0 Å². The van der Waals surface area contributed by atoms with E-state index in [1.807, 2.05) is 12.5 Å². The molecule has 1 fully saturated rings. The number of hydrogen-bond donors (Lipinski definition) is 1. The quantitative estimate of drug-likeness (QED) is 0.919. The Balaban J connectivity index is 1.98. The first-order valence-electron chi connectivity index (χ1n) is 6.74. The van der Waals surface area contributed by atoms with Crippen molar-refractivity contribution < 1.29 is 0 Å². The molecule has 1 aromatic heterocycles. The molecule has 19 heavy (non-hydrogen) atoms. The number of hydrogen-bond acceptors (Lipinski definition) is 2. The lowest BCUT2D eigenvalue weighted by Crippen LogP contribution is -2.29. The van der Waals surface area contributed by atoms with Crippen LogP contribution in [0.5, 0.6) is 0 Å². The van der Waals surface area contributed by atoms with E-state index >= 15 is 0 Å². The summed E-state index contributed by atoms with van der Waals surface area (Å²) in [6, 6.07) is 6.48. The van der Waals surface area contributed by atoms with Gasteiger partial charge in [0.2, 0.25) is 0 Å². The average Bonchev–Trinajstić information content (AvgIpc) is 2.88. The Hall–Kier alpha value is -1.13. The Labute approximate surface area is 122 Å². The largest absolute Gasteiger partial charge is 0.316 e. The van der Waals surface area contributed by atoms with Crippen LogP contribution in [0.4, 0.5) is 0 Å². The molecule has 0 amide bonds. The van der Waals surface area contributed by atoms with E-state index in [4.69, 9.17) is 0 Å². The van der Waals surface area contributed by atoms with Crippen molar-refractivity contribution in [1.82, 2.24) is 14.9 Å². The van der Waals surface area contributed by atoms with Crippen molar-refractivity contribution in [3.8, 4) is 5.69 Å². The molecule has 1 saturated heterocycles. The number of piperidine rings is 1. The van der Waals surface area contributed by atoms with Gasteiger partial charge >= 0.3 is 0 Å². The summed E-state index contributed by atoms with van der Waals surface area (Å²) in [6.45, 7) is 4.31. The maximum atomic E-state index is 4.35. The van der Waals surface area contributed by atoms with Crippen LogP contribution in [0.15, 0.2) is 35.2 Å². The fraction of sp³-hybridized carbons (Fsp3) is 0.400. The van der Waals surface area contributed by atoms with Crippen LogP contribution < -0.4 is 5.32 Å². The molecule has 1 atom stereocenters. The first kappa shape index (κ1) is 12.9. The first-order chi connectivity index (χ1) is 9.24. The third-order valence-electron chi connectivity index (χ3n) is 3.69. The van der Waals surface area contributed by atoms with Gasteiger partial charge in [0.15, 0.2) is 0 Å². The normalized spacial score (nSPS) is 19.6. The van der Waals surface area contributed by atoms with E-state index < -0.39 is 0 Å². The second-order valence-electron chi connectivity index (χ2n) is 5.22. The Morgan fingerprint density at radius 3 is 3.00 bits per heavy atom. The van der Waals surface area contributed by atoms with Gasteiger partial charge < -0.3 is 9.88 Å². The first-order valence-corrected chi connectivity index (χ1v) is 7.54. The Bertz CT molecular complexity index is 550. The van der Waals surface area contributed by atoms with E-state index in [0.29, 0.717) is 5.92 Å². The minimum absolute atomic E-state index is 0.565. The molecule has 2 heterocycles. The fourth-order valence-electron chi connectivity index (χ4n) is 2.78. The highest BCUT2D eigenvalue weighted by Crippen LogP contribution is 2.27. The second-order valence-corrected chi connectivity index (χ2v) is 6.13. The van der Waals surface area contributed by atoms with Gasteiger partial charge in [0, 0.05) is 34.5 Å². The molecular formula is C15H18BrN3. The number of benzene rings is 1. The predicted molar refractivity (Wildman–Crippen MR) is 80.8 cm³/mol. The molecule has 1 aliphatic heterocycles. The molecule has 0 spiro atoms. The van der Waals surface area contributed by atoms with Gasteiger partial charge in [-0.15, -0.1) is 0 Å². The summed E-state index contributed by atoms with van der Waals surface area (Å²) in [7, 11) is 0. The second kappa shape index (κ2) is 5.47. The average molecular weight is 320 g/mol. The Morgan fingerprint density at radius 2 is 2.26 bits per heavy atom. The predicted octanol–water partition coefficient (Wildman–Crippen LogP) is 3.41. The molecule has 1 N–H and O–H groups in total. The highest BCUT2D eigenvalue weighted by atomic mass is 79.9. The molecule has 0 saturated carbocycles. The monoisotopic (exact) mass is 319 g/mol. The Kier molecular flexibility index (Phi) is 3.71.